The van der Waals surface area contributed by atoms with Gasteiger partial charge >= 0.3 is 5.97 Å². The van der Waals surface area contributed by atoms with Crippen molar-refractivity contribution >= 4 is 11.8 Å². The van der Waals surface area contributed by atoms with Crippen molar-refractivity contribution in [3.63, 3.8) is 0 Å². The number of carboxylic acid groups (broad SMARTS) is 1. The SMILES string of the molecule is CCCCC(=O)C1[C@@H](O)C(O)[C@H](O)CC1(O)C(=O)O. The second-order valence-corrected chi connectivity index (χ2v) is 5.03. The maximum Gasteiger partial charge on any atom is 0.336 e. The van der Waals surface area contributed by atoms with Crippen molar-refractivity contribution < 1.29 is 35.1 Å². The van der Waals surface area contributed by atoms with E-state index in [0.29, 0.717) is 12.8 Å². The first-order chi connectivity index (χ1) is 8.75. The van der Waals surface area contributed by atoms with E-state index in [-0.39, 0.29) is 6.42 Å². The van der Waals surface area contributed by atoms with Crippen molar-refractivity contribution in [1.29, 1.82) is 0 Å². The van der Waals surface area contributed by atoms with Crippen molar-refractivity contribution in [2.75, 3.05) is 0 Å². The summed E-state index contributed by atoms with van der Waals surface area (Å²) >= 11 is 0. The summed E-state index contributed by atoms with van der Waals surface area (Å²) in [6.07, 6.45) is -4.52. The summed E-state index contributed by atoms with van der Waals surface area (Å²) in [6, 6.07) is 0. The van der Waals surface area contributed by atoms with Gasteiger partial charge in [0, 0.05) is 12.8 Å². The summed E-state index contributed by atoms with van der Waals surface area (Å²) in [5.74, 6) is -3.94. The van der Waals surface area contributed by atoms with Gasteiger partial charge in [0.25, 0.3) is 0 Å². The van der Waals surface area contributed by atoms with Crippen LogP contribution in [0.5, 0.6) is 0 Å². The van der Waals surface area contributed by atoms with Crippen molar-refractivity contribution in [3.8, 4) is 0 Å². The number of aliphatic carboxylic acids is 1. The zero-order chi connectivity index (χ0) is 14.8. The van der Waals surface area contributed by atoms with Crippen molar-refractivity contribution in [2.24, 2.45) is 5.92 Å². The van der Waals surface area contributed by atoms with Crippen LogP contribution in [-0.2, 0) is 9.59 Å². The number of unbranched alkanes of at least 4 members (excludes halogenated alkanes) is 1. The quantitative estimate of drug-likeness (QED) is 0.419. The molecule has 7 heteroatoms. The van der Waals surface area contributed by atoms with Gasteiger partial charge in [-0.2, -0.15) is 0 Å². The lowest BCUT2D eigenvalue weighted by molar-refractivity contribution is -0.209. The van der Waals surface area contributed by atoms with Gasteiger partial charge in [0.15, 0.2) is 5.60 Å². The van der Waals surface area contributed by atoms with Crippen LogP contribution in [-0.4, -0.2) is 61.2 Å². The highest BCUT2D eigenvalue weighted by Crippen LogP contribution is 2.36. The molecule has 3 unspecified atom stereocenters. The zero-order valence-corrected chi connectivity index (χ0v) is 10.7. The molecule has 0 aromatic carbocycles. The van der Waals surface area contributed by atoms with E-state index in [1.54, 1.807) is 0 Å². The van der Waals surface area contributed by atoms with Crippen molar-refractivity contribution in [2.45, 2.75) is 56.5 Å². The molecule has 0 aromatic rings. The Labute approximate surface area is 110 Å². The minimum Gasteiger partial charge on any atom is -0.479 e. The fourth-order valence-electron chi connectivity index (χ4n) is 2.46. The molecule has 0 radical (unpaired) electrons. The standard InChI is InChI=1S/C12H20O7/c1-2-3-4-6(13)8-10(16)9(15)7(14)5-12(8,19)11(17)18/h7-10,14-16,19H,2-5H2,1H3,(H,17,18)/t7-,8?,9?,10-,12?/m1/s1. The van der Waals surface area contributed by atoms with Crippen LogP contribution < -0.4 is 0 Å². The van der Waals surface area contributed by atoms with Crippen molar-refractivity contribution in [3.05, 3.63) is 0 Å². The number of carbonyl (C=O) groups is 2. The summed E-state index contributed by atoms with van der Waals surface area (Å²) < 4.78 is 0. The second kappa shape index (κ2) is 5.96. The Morgan fingerprint density at radius 2 is 1.79 bits per heavy atom. The monoisotopic (exact) mass is 276 g/mol. The molecule has 5 atom stereocenters. The molecule has 0 aliphatic heterocycles. The molecule has 0 heterocycles. The van der Waals surface area contributed by atoms with Gasteiger partial charge in [0.2, 0.25) is 0 Å². The van der Waals surface area contributed by atoms with E-state index in [4.69, 9.17) is 5.11 Å². The number of hydrogen-bond acceptors (Lipinski definition) is 6. The molecule has 1 rings (SSSR count). The molecule has 0 amide bonds. The van der Waals surface area contributed by atoms with Gasteiger partial charge in [-0.3, -0.25) is 4.79 Å². The normalized spacial score (nSPS) is 39.0. The minimum atomic E-state index is -2.55. The Hall–Kier alpha value is -1.02. The highest BCUT2D eigenvalue weighted by atomic mass is 16.4. The van der Waals surface area contributed by atoms with Crippen molar-refractivity contribution in [1.82, 2.24) is 0 Å². The fraction of sp³-hybridized carbons (Fsp3) is 0.833. The smallest absolute Gasteiger partial charge is 0.336 e. The molecule has 19 heavy (non-hydrogen) atoms. The number of hydrogen-bond donors (Lipinski definition) is 5. The largest absolute Gasteiger partial charge is 0.479 e. The Balaban J connectivity index is 3.05. The van der Waals surface area contributed by atoms with E-state index >= 15 is 0 Å². The molecule has 0 bridgehead atoms. The van der Waals surface area contributed by atoms with Crippen LogP contribution >= 0.6 is 0 Å². The van der Waals surface area contributed by atoms with E-state index in [9.17, 15) is 30.0 Å². The average molecular weight is 276 g/mol. The summed E-state index contributed by atoms with van der Waals surface area (Å²) in [7, 11) is 0. The summed E-state index contributed by atoms with van der Waals surface area (Å²) in [5.41, 5.74) is -2.55. The lowest BCUT2D eigenvalue weighted by Gasteiger charge is -2.43. The molecular formula is C12H20O7. The molecular weight excluding hydrogens is 256 g/mol. The van der Waals surface area contributed by atoms with Crippen LogP contribution in [0.25, 0.3) is 0 Å². The highest BCUT2D eigenvalue weighted by molar-refractivity contribution is 5.91. The Bertz CT molecular complexity index is 356. The van der Waals surface area contributed by atoms with Crippen LogP contribution in [0.3, 0.4) is 0 Å². The molecule has 1 aliphatic carbocycles. The predicted octanol–water partition coefficient (Wildman–Crippen LogP) is -1.34. The summed E-state index contributed by atoms with van der Waals surface area (Å²) in [6.45, 7) is 1.84. The van der Waals surface area contributed by atoms with Gasteiger partial charge < -0.3 is 25.5 Å². The lowest BCUT2D eigenvalue weighted by atomic mass is 9.68. The maximum atomic E-state index is 12.0. The van der Waals surface area contributed by atoms with Gasteiger partial charge in [-0.05, 0) is 6.42 Å². The number of aliphatic hydroxyl groups is 4. The molecule has 0 aromatic heterocycles. The molecule has 1 saturated carbocycles. The van der Waals surface area contributed by atoms with Gasteiger partial charge in [-0.15, -0.1) is 0 Å². The minimum absolute atomic E-state index is 0.0105. The molecule has 0 saturated heterocycles. The number of aliphatic hydroxyl groups excluding tert-OH is 3. The molecule has 110 valence electrons. The van der Waals surface area contributed by atoms with E-state index in [1.165, 1.54) is 0 Å². The average Bonchev–Trinajstić information content (AvgIpc) is 2.33. The first kappa shape index (κ1) is 16.0. The lowest BCUT2D eigenvalue weighted by Crippen LogP contribution is -2.64. The number of ketones is 1. The molecule has 0 spiro atoms. The van der Waals surface area contributed by atoms with Gasteiger partial charge in [-0.1, -0.05) is 13.3 Å². The van der Waals surface area contributed by atoms with E-state index in [2.05, 4.69) is 0 Å². The second-order valence-electron chi connectivity index (χ2n) is 5.03. The molecule has 1 aliphatic rings. The zero-order valence-electron chi connectivity index (χ0n) is 10.7. The van der Waals surface area contributed by atoms with Crippen LogP contribution in [0, 0.1) is 5.92 Å². The van der Waals surface area contributed by atoms with Gasteiger partial charge in [0.05, 0.1) is 18.1 Å². The predicted molar refractivity (Wildman–Crippen MR) is 63.2 cm³/mol. The number of carbonyl (C=O) groups excluding carboxylic acids is 1. The topological polar surface area (TPSA) is 135 Å². The van der Waals surface area contributed by atoms with Gasteiger partial charge in [0.1, 0.15) is 11.9 Å². The first-order valence-electron chi connectivity index (χ1n) is 6.28. The van der Waals surface area contributed by atoms with Crippen LogP contribution in [0.15, 0.2) is 0 Å². The Kier molecular flexibility index (Phi) is 5.03. The summed E-state index contributed by atoms with van der Waals surface area (Å²) in [4.78, 5) is 23.1. The highest BCUT2D eigenvalue weighted by Gasteiger charge is 2.58. The van der Waals surface area contributed by atoms with E-state index < -0.39 is 48.0 Å². The van der Waals surface area contributed by atoms with Crippen LogP contribution in [0.1, 0.15) is 32.6 Å². The van der Waals surface area contributed by atoms with Crippen LogP contribution in [0.4, 0.5) is 0 Å². The van der Waals surface area contributed by atoms with Crippen LogP contribution in [0.2, 0.25) is 0 Å². The number of Topliss-reactive ketones (excluding diaryl/α,β-unsaturated/α-hetero) is 1. The third-order valence-corrected chi connectivity index (χ3v) is 3.61. The molecule has 7 nitrogen and oxygen atoms in total. The molecule has 1 fully saturated rings. The number of carboxylic acids is 1. The first-order valence-corrected chi connectivity index (χ1v) is 6.28. The maximum absolute atomic E-state index is 12.0. The molecule has 5 N–H and O–H groups in total. The van der Waals surface area contributed by atoms with E-state index in [0.717, 1.165) is 0 Å². The summed E-state index contributed by atoms with van der Waals surface area (Å²) in [5, 5.41) is 48.0. The Morgan fingerprint density at radius 1 is 1.21 bits per heavy atom. The van der Waals surface area contributed by atoms with E-state index in [1.807, 2.05) is 6.92 Å². The fourth-order valence-corrected chi connectivity index (χ4v) is 2.46. The Morgan fingerprint density at radius 3 is 2.26 bits per heavy atom. The van der Waals surface area contributed by atoms with Gasteiger partial charge in [-0.25, -0.2) is 4.79 Å². The number of rotatable bonds is 5. The third kappa shape index (κ3) is 2.94. The third-order valence-electron chi connectivity index (χ3n) is 3.61.